The SMILES string of the molecule is Nc1nc2nc(-c3ccccc3O)cn2cc1C#C[C@H]1C[C@H](OC2CCN(CC3CCNCC3)CC2)C1. The van der Waals surface area contributed by atoms with Gasteiger partial charge in [-0.1, -0.05) is 24.0 Å². The molecule has 6 rings (SSSR count). The molecule has 0 atom stereocenters. The highest BCUT2D eigenvalue weighted by molar-refractivity contribution is 5.68. The number of nitrogens with one attached hydrogen (secondary N) is 1. The molecule has 0 bridgehead atoms. The van der Waals surface area contributed by atoms with Gasteiger partial charge in [-0.2, -0.15) is 4.98 Å². The Balaban J connectivity index is 0.997. The lowest BCUT2D eigenvalue weighted by Crippen LogP contribution is -2.43. The van der Waals surface area contributed by atoms with Crippen LogP contribution < -0.4 is 11.1 Å². The Labute approximate surface area is 218 Å². The van der Waals surface area contributed by atoms with Crippen molar-refractivity contribution in [2.45, 2.75) is 50.7 Å². The molecule has 194 valence electrons. The number of nitrogen functional groups attached to an aromatic ring is 1. The van der Waals surface area contributed by atoms with Gasteiger partial charge in [0.05, 0.1) is 23.5 Å². The van der Waals surface area contributed by atoms with Gasteiger partial charge in [-0.3, -0.25) is 4.40 Å². The van der Waals surface area contributed by atoms with E-state index < -0.39 is 0 Å². The van der Waals surface area contributed by atoms with E-state index in [9.17, 15) is 5.11 Å². The second kappa shape index (κ2) is 10.7. The van der Waals surface area contributed by atoms with Crippen LogP contribution in [0.1, 0.15) is 44.1 Å². The second-order valence-corrected chi connectivity index (χ2v) is 10.8. The van der Waals surface area contributed by atoms with Gasteiger partial charge in [0.25, 0.3) is 0 Å². The molecule has 1 aromatic carbocycles. The van der Waals surface area contributed by atoms with Crippen LogP contribution >= 0.6 is 0 Å². The molecule has 2 aliphatic heterocycles. The van der Waals surface area contributed by atoms with E-state index in [1.54, 1.807) is 12.1 Å². The van der Waals surface area contributed by atoms with Crippen LogP contribution in [0.3, 0.4) is 0 Å². The smallest absolute Gasteiger partial charge is 0.236 e. The number of phenols is 1. The fourth-order valence-corrected chi connectivity index (χ4v) is 5.75. The van der Waals surface area contributed by atoms with E-state index >= 15 is 0 Å². The van der Waals surface area contributed by atoms with E-state index in [1.165, 1.54) is 45.6 Å². The summed E-state index contributed by atoms with van der Waals surface area (Å²) in [6.45, 7) is 5.95. The molecule has 2 saturated heterocycles. The van der Waals surface area contributed by atoms with E-state index in [2.05, 4.69) is 32.0 Å². The van der Waals surface area contributed by atoms with Gasteiger partial charge < -0.3 is 25.8 Å². The summed E-state index contributed by atoms with van der Waals surface area (Å²) in [5, 5.41) is 13.6. The molecule has 3 aromatic rings. The molecule has 0 unspecified atom stereocenters. The maximum absolute atomic E-state index is 10.1. The summed E-state index contributed by atoms with van der Waals surface area (Å²) in [6, 6.07) is 7.13. The molecule has 4 N–H and O–H groups in total. The number of phenolic OH excluding ortho intramolecular Hbond substituents is 1. The number of benzene rings is 1. The minimum absolute atomic E-state index is 0.184. The Kier molecular flexibility index (Phi) is 7.01. The monoisotopic (exact) mass is 500 g/mol. The summed E-state index contributed by atoms with van der Waals surface area (Å²) in [6.07, 6.45) is 11.3. The highest BCUT2D eigenvalue weighted by atomic mass is 16.5. The standard InChI is InChI=1S/C29H36N6O2/c30-28-22(18-35-19-26(32-29(35)33-28)25-3-1-2-4-27(25)36)6-5-21-15-24(16-21)37-23-9-13-34(14-10-23)17-20-7-11-31-12-8-20/h1-4,18-21,23-24,31,36H,7-17H2,(H2,30,32,33)/t21-,24-. The van der Waals surface area contributed by atoms with Crippen LogP contribution in [-0.4, -0.2) is 69.3 Å². The molecule has 1 saturated carbocycles. The number of imidazole rings is 1. The van der Waals surface area contributed by atoms with Gasteiger partial charge in [-0.25, -0.2) is 4.98 Å². The Morgan fingerprint density at radius 1 is 1.03 bits per heavy atom. The number of fused-ring (bicyclic) bond motifs is 1. The summed E-state index contributed by atoms with van der Waals surface area (Å²) in [5.41, 5.74) is 8.18. The predicted octanol–water partition coefficient (Wildman–Crippen LogP) is 3.29. The normalized spacial score (nSPS) is 23.5. The number of nitrogens with two attached hydrogens (primary N) is 1. The summed E-state index contributed by atoms with van der Waals surface area (Å²) in [5.74, 6) is 8.84. The molecule has 0 spiro atoms. The summed E-state index contributed by atoms with van der Waals surface area (Å²) in [7, 11) is 0. The van der Waals surface area contributed by atoms with Crippen molar-refractivity contribution in [3.05, 3.63) is 42.2 Å². The molecule has 8 heteroatoms. The zero-order valence-electron chi connectivity index (χ0n) is 21.3. The Bertz CT molecular complexity index is 1290. The number of para-hydroxylation sites is 1. The molecule has 2 aromatic heterocycles. The van der Waals surface area contributed by atoms with Gasteiger partial charge >= 0.3 is 0 Å². The van der Waals surface area contributed by atoms with E-state index in [-0.39, 0.29) is 5.75 Å². The predicted molar refractivity (Wildman–Crippen MR) is 144 cm³/mol. The minimum atomic E-state index is 0.184. The molecule has 37 heavy (non-hydrogen) atoms. The summed E-state index contributed by atoms with van der Waals surface area (Å²) in [4.78, 5) is 11.6. The van der Waals surface area contributed by atoms with Crippen molar-refractivity contribution in [2.24, 2.45) is 11.8 Å². The minimum Gasteiger partial charge on any atom is -0.507 e. The first-order chi connectivity index (χ1) is 18.1. The molecule has 3 fully saturated rings. The van der Waals surface area contributed by atoms with E-state index in [0.717, 1.165) is 31.6 Å². The van der Waals surface area contributed by atoms with Crippen LogP contribution in [-0.2, 0) is 4.74 Å². The maximum Gasteiger partial charge on any atom is 0.236 e. The van der Waals surface area contributed by atoms with Crippen LogP contribution in [0.15, 0.2) is 36.7 Å². The van der Waals surface area contributed by atoms with Gasteiger partial charge in [0.15, 0.2) is 0 Å². The lowest BCUT2D eigenvalue weighted by molar-refractivity contribution is -0.0856. The second-order valence-electron chi connectivity index (χ2n) is 10.8. The van der Waals surface area contributed by atoms with Crippen molar-refractivity contribution in [1.29, 1.82) is 0 Å². The van der Waals surface area contributed by atoms with Crippen molar-refractivity contribution in [1.82, 2.24) is 24.6 Å². The Morgan fingerprint density at radius 2 is 1.81 bits per heavy atom. The first kappa shape index (κ1) is 24.2. The average Bonchev–Trinajstić information content (AvgIpc) is 3.29. The highest BCUT2D eigenvalue weighted by Gasteiger charge is 2.32. The first-order valence-electron chi connectivity index (χ1n) is 13.6. The van der Waals surface area contributed by atoms with Crippen LogP contribution in [0.25, 0.3) is 17.0 Å². The third-order valence-corrected chi connectivity index (χ3v) is 8.06. The molecule has 0 amide bonds. The molecular formula is C29H36N6O2. The first-order valence-corrected chi connectivity index (χ1v) is 13.6. The van der Waals surface area contributed by atoms with Gasteiger partial charge in [-0.15, -0.1) is 0 Å². The number of hydrogen-bond acceptors (Lipinski definition) is 7. The molecular weight excluding hydrogens is 464 g/mol. The van der Waals surface area contributed by atoms with E-state index in [1.807, 2.05) is 28.9 Å². The van der Waals surface area contributed by atoms with Gasteiger partial charge in [-0.05, 0) is 69.7 Å². The summed E-state index contributed by atoms with van der Waals surface area (Å²) >= 11 is 0. The third kappa shape index (κ3) is 5.59. The van der Waals surface area contributed by atoms with Crippen molar-refractivity contribution >= 4 is 11.6 Å². The number of aromatic nitrogens is 3. The number of aromatic hydroxyl groups is 1. The molecule has 0 radical (unpaired) electrons. The zero-order chi connectivity index (χ0) is 25.2. The average molecular weight is 501 g/mol. The lowest BCUT2D eigenvalue weighted by Gasteiger charge is -2.39. The molecule has 3 aliphatic rings. The molecule has 1 aliphatic carbocycles. The van der Waals surface area contributed by atoms with Crippen molar-refractivity contribution < 1.29 is 9.84 Å². The highest BCUT2D eigenvalue weighted by Crippen LogP contribution is 2.33. The Hall–Kier alpha value is -3.12. The zero-order valence-corrected chi connectivity index (χ0v) is 21.3. The van der Waals surface area contributed by atoms with Crippen LogP contribution in [0.2, 0.25) is 0 Å². The van der Waals surface area contributed by atoms with Gasteiger partial charge in [0.1, 0.15) is 11.6 Å². The number of piperidine rings is 2. The van der Waals surface area contributed by atoms with Gasteiger partial charge in [0.2, 0.25) is 5.78 Å². The van der Waals surface area contributed by atoms with Crippen LogP contribution in [0, 0.1) is 23.7 Å². The third-order valence-electron chi connectivity index (χ3n) is 8.06. The maximum atomic E-state index is 10.1. The topological polar surface area (TPSA) is 101 Å². The molecule has 8 nitrogen and oxygen atoms in total. The fraction of sp³-hybridized carbons (Fsp3) is 0.517. The fourth-order valence-electron chi connectivity index (χ4n) is 5.75. The van der Waals surface area contributed by atoms with Crippen LogP contribution in [0.4, 0.5) is 5.82 Å². The Morgan fingerprint density at radius 3 is 2.59 bits per heavy atom. The number of likely N-dealkylation sites (tertiary alicyclic amines) is 1. The van der Waals surface area contributed by atoms with E-state index in [4.69, 9.17) is 10.5 Å². The van der Waals surface area contributed by atoms with Crippen molar-refractivity contribution in [3.63, 3.8) is 0 Å². The van der Waals surface area contributed by atoms with E-state index in [0.29, 0.717) is 46.5 Å². The lowest BCUT2D eigenvalue weighted by atomic mass is 9.82. The number of rotatable bonds is 5. The van der Waals surface area contributed by atoms with Crippen molar-refractivity contribution in [3.8, 4) is 28.8 Å². The number of ether oxygens (including phenoxy) is 1. The quantitative estimate of drug-likeness (QED) is 0.462. The number of hydrogen-bond donors (Lipinski definition) is 3. The molecule has 4 heterocycles. The van der Waals surface area contributed by atoms with Gasteiger partial charge in [0, 0.05) is 43.5 Å². The van der Waals surface area contributed by atoms with Crippen LogP contribution in [0.5, 0.6) is 5.75 Å². The van der Waals surface area contributed by atoms with Crippen molar-refractivity contribution in [2.75, 3.05) is 38.5 Å². The summed E-state index contributed by atoms with van der Waals surface area (Å²) < 4.78 is 8.22. The number of anilines is 1. The largest absolute Gasteiger partial charge is 0.507 e. The number of nitrogens with zero attached hydrogens (tertiary/aromatic N) is 4.